The van der Waals surface area contributed by atoms with Gasteiger partial charge in [0.15, 0.2) is 0 Å². The van der Waals surface area contributed by atoms with Gasteiger partial charge < -0.3 is 0 Å². The summed E-state index contributed by atoms with van der Waals surface area (Å²) < 4.78 is 0. The van der Waals surface area contributed by atoms with Crippen LogP contribution >= 0.6 is 0 Å². The normalized spacial score (nSPS) is 39.8. The fourth-order valence-electron chi connectivity index (χ4n) is 2.32. The lowest BCUT2D eigenvalue weighted by atomic mass is 9.86. The number of hydrogen-bond acceptors (Lipinski definition) is 1. The minimum absolute atomic E-state index is 0.524. The van der Waals surface area contributed by atoms with Crippen molar-refractivity contribution >= 4 is 0 Å². The van der Waals surface area contributed by atoms with Crippen LogP contribution in [0.1, 0.15) is 19.3 Å². The van der Waals surface area contributed by atoms with Crippen LogP contribution in [-0.4, -0.2) is 30.7 Å². The first-order valence-electron chi connectivity index (χ1n) is 4.91. The molecule has 0 amide bonds. The lowest BCUT2D eigenvalue weighted by Gasteiger charge is -2.44. The number of nitrogens with zero attached hydrogens (tertiary/aromatic N) is 2. The van der Waals surface area contributed by atoms with Crippen LogP contribution < -0.4 is 5.32 Å². The summed E-state index contributed by atoms with van der Waals surface area (Å²) in [5, 5.41) is 4.59. The first-order chi connectivity index (χ1) is 5.90. The highest BCUT2D eigenvalue weighted by atomic mass is 15.3. The van der Waals surface area contributed by atoms with Crippen molar-refractivity contribution in [2.24, 2.45) is 5.92 Å². The van der Waals surface area contributed by atoms with Gasteiger partial charge >= 0.3 is 0 Å². The van der Waals surface area contributed by atoms with E-state index in [4.69, 9.17) is 0 Å². The van der Waals surface area contributed by atoms with Crippen molar-refractivity contribution in [1.29, 1.82) is 0 Å². The Balaban J connectivity index is 1.86. The Morgan fingerprint density at radius 1 is 1.42 bits per heavy atom. The molecule has 0 aliphatic carbocycles. The maximum atomic E-state index is 4.59. The average Bonchev–Trinajstić information content (AvgIpc) is 2.17. The summed E-state index contributed by atoms with van der Waals surface area (Å²) in [6.45, 7) is 7.07. The molecule has 3 rings (SSSR count). The summed E-state index contributed by atoms with van der Waals surface area (Å²) in [7, 11) is 0. The van der Waals surface area contributed by atoms with Crippen molar-refractivity contribution in [3.63, 3.8) is 0 Å². The summed E-state index contributed by atoms with van der Waals surface area (Å²) in [4.78, 5) is 2.52. The van der Waals surface area contributed by atoms with Crippen molar-refractivity contribution < 1.29 is 0 Å². The van der Waals surface area contributed by atoms with E-state index < -0.39 is 0 Å². The van der Waals surface area contributed by atoms with Crippen LogP contribution in [0.3, 0.4) is 0 Å². The maximum absolute atomic E-state index is 4.59. The zero-order chi connectivity index (χ0) is 8.39. The van der Waals surface area contributed by atoms with E-state index in [1.54, 1.807) is 0 Å². The van der Waals surface area contributed by atoms with Crippen LogP contribution in [0, 0.1) is 5.92 Å². The summed E-state index contributed by atoms with van der Waals surface area (Å²) in [6, 6.07) is 0. The Labute approximate surface area is 74.6 Å². The highest BCUT2D eigenvalue weighted by Crippen LogP contribution is 2.30. The monoisotopic (exact) mass is 165 g/mol. The summed E-state index contributed by atoms with van der Waals surface area (Å²) in [5.74, 6) is 0.966. The van der Waals surface area contributed by atoms with Crippen molar-refractivity contribution in [2.75, 3.05) is 19.6 Å². The molecule has 1 radical (unpaired) electrons. The van der Waals surface area contributed by atoms with Gasteiger partial charge in [-0.3, -0.25) is 4.90 Å². The second-order valence-electron chi connectivity index (χ2n) is 3.85. The Kier molecular flexibility index (Phi) is 2.47. The van der Waals surface area contributed by atoms with E-state index in [1.807, 2.05) is 6.08 Å². The minimum atomic E-state index is 0.524. The van der Waals surface area contributed by atoms with Gasteiger partial charge in [0.25, 0.3) is 0 Å². The van der Waals surface area contributed by atoms with E-state index >= 15 is 0 Å². The number of rotatable bonds is 3. The highest BCUT2D eigenvalue weighted by molar-refractivity contribution is 4.87. The Morgan fingerprint density at radius 3 is 2.67 bits per heavy atom. The highest BCUT2D eigenvalue weighted by Gasteiger charge is 2.33. The number of piperidine rings is 3. The smallest absolute Gasteiger partial charge is 0.0767 e. The van der Waals surface area contributed by atoms with E-state index in [2.05, 4.69) is 16.8 Å². The van der Waals surface area contributed by atoms with E-state index in [-0.39, 0.29) is 0 Å². The van der Waals surface area contributed by atoms with Crippen LogP contribution in [0.5, 0.6) is 0 Å². The van der Waals surface area contributed by atoms with Gasteiger partial charge in [0, 0.05) is 6.54 Å². The van der Waals surface area contributed by atoms with Crippen molar-refractivity contribution in [3.05, 3.63) is 12.7 Å². The first kappa shape index (κ1) is 8.27. The Bertz CT molecular complexity index is 159. The van der Waals surface area contributed by atoms with E-state index in [1.165, 1.54) is 32.4 Å². The van der Waals surface area contributed by atoms with Crippen molar-refractivity contribution in [1.82, 2.24) is 10.2 Å². The van der Waals surface area contributed by atoms with Crippen molar-refractivity contribution in [3.8, 4) is 0 Å². The van der Waals surface area contributed by atoms with Gasteiger partial charge in [-0.25, -0.2) is 5.32 Å². The predicted molar refractivity (Wildman–Crippen MR) is 49.9 cm³/mol. The minimum Gasteiger partial charge on any atom is -0.287 e. The molecule has 0 spiro atoms. The molecule has 2 bridgehead atoms. The third-order valence-electron chi connectivity index (χ3n) is 3.06. The van der Waals surface area contributed by atoms with Gasteiger partial charge in [-0.2, -0.15) is 0 Å². The van der Waals surface area contributed by atoms with Crippen LogP contribution in [0.15, 0.2) is 12.7 Å². The summed E-state index contributed by atoms with van der Waals surface area (Å²) in [6.07, 6.45) is 6.52. The molecule has 3 saturated heterocycles. The zero-order valence-corrected chi connectivity index (χ0v) is 7.58. The molecule has 67 valence electrons. The molecule has 0 N–H and O–H groups in total. The van der Waals surface area contributed by atoms with Crippen LogP contribution in [-0.2, 0) is 0 Å². The molecule has 3 aliphatic rings. The SMILES string of the molecule is C=CC[N]C1CC2CCN1CC2. The van der Waals surface area contributed by atoms with Crippen LogP contribution in [0.25, 0.3) is 0 Å². The van der Waals surface area contributed by atoms with E-state index in [0.29, 0.717) is 6.17 Å². The fraction of sp³-hybridized carbons (Fsp3) is 0.800. The molecule has 0 aromatic rings. The van der Waals surface area contributed by atoms with Crippen LogP contribution in [0.2, 0.25) is 0 Å². The quantitative estimate of drug-likeness (QED) is 0.575. The largest absolute Gasteiger partial charge is 0.287 e. The average molecular weight is 165 g/mol. The molecule has 0 aromatic carbocycles. The molecule has 0 aromatic heterocycles. The lowest BCUT2D eigenvalue weighted by Crippen LogP contribution is -2.52. The fourth-order valence-corrected chi connectivity index (χ4v) is 2.32. The molecule has 12 heavy (non-hydrogen) atoms. The molecule has 3 fully saturated rings. The van der Waals surface area contributed by atoms with Gasteiger partial charge in [0.2, 0.25) is 0 Å². The summed E-state index contributed by atoms with van der Waals surface area (Å²) >= 11 is 0. The van der Waals surface area contributed by atoms with Gasteiger partial charge in [0.05, 0.1) is 6.17 Å². The molecular formula is C10H17N2. The maximum Gasteiger partial charge on any atom is 0.0767 e. The molecule has 0 saturated carbocycles. The Morgan fingerprint density at radius 2 is 2.17 bits per heavy atom. The Hall–Kier alpha value is -0.340. The second-order valence-corrected chi connectivity index (χ2v) is 3.85. The molecule has 3 aliphatic heterocycles. The van der Waals surface area contributed by atoms with Gasteiger partial charge in [-0.15, -0.1) is 6.58 Å². The number of fused-ring (bicyclic) bond motifs is 3. The standard InChI is InChI=1S/C10H17N2/c1-2-5-11-10-8-9-3-6-12(10)7-4-9/h2,9-10H,1,3-8H2. The molecule has 1 atom stereocenters. The second kappa shape index (κ2) is 3.58. The van der Waals surface area contributed by atoms with Gasteiger partial charge in [-0.1, -0.05) is 6.08 Å². The van der Waals surface area contributed by atoms with Crippen molar-refractivity contribution in [2.45, 2.75) is 25.4 Å². The van der Waals surface area contributed by atoms with Crippen LogP contribution in [0.4, 0.5) is 0 Å². The molecule has 2 heteroatoms. The predicted octanol–water partition coefficient (Wildman–Crippen LogP) is 1.22. The topological polar surface area (TPSA) is 17.3 Å². The van der Waals surface area contributed by atoms with E-state index in [9.17, 15) is 0 Å². The molecular weight excluding hydrogens is 148 g/mol. The zero-order valence-electron chi connectivity index (χ0n) is 7.58. The third-order valence-corrected chi connectivity index (χ3v) is 3.06. The molecule has 3 heterocycles. The number of hydrogen-bond donors (Lipinski definition) is 0. The van der Waals surface area contributed by atoms with Gasteiger partial charge in [0.1, 0.15) is 0 Å². The summed E-state index contributed by atoms with van der Waals surface area (Å²) in [5.41, 5.74) is 0. The molecule has 1 unspecified atom stereocenters. The van der Waals surface area contributed by atoms with E-state index in [0.717, 1.165) is 12.5 Å². The third kappa shape index (κ3) is 1.54. The first-order valence-corrected chi connectivity index (χ1v) is 4.91. The molecule has 2 nitrogen and oxygen atoms in total. The van der Waals surface area contributed by atoms with Gasteiger partial charge in [-0.05, 0) is 38.3 Å². The lowest BCUT2D eigenvalue weighted by molar-refractivity contribution is 0.0313.